The first-order chi connectivity index (χ1) is 13.3. The van der Waals surface area contributed by atoms with E-state index in [-0.39, 0.29) is 24.9 Å². The molecule has 0 spiro atoms. The van der Waals surface area contributed by atoms with Crippen molar-refractivity contribution in [2.45, 2.75) is 20.8 Å². The van der Waals surface area contributed by atoms with Crippen molar-refractivity contribution >= 4 is 23.9 Å². The predicted octanol–water partition coefficient (Wildman–Crippen LogP) is 0.755. The van der Waals surface area contributed by atoms with Crippen molar-refractivity contribution in [1.29, 1.82) is 0 Å². The van der Waals surface area contributed by atoms with Gasteiger partial charge in [-0.25, -0.2) is 9.67 Å². The van der Waals surface area contributed by atoms with Gasteiger partial charge in [-0.1, -0.05) is 17.2 Å². The molecule has 1 aromatic heterocycles. The maximum atomic E-state index is 12.1. The molecule has 1 fully saturated rings. The van der Waals surface area contributed by atoms with E-state index in [1.54, 1.807) is 0 Å². The average molecular weight is 382 g/mol. The summed E-state index contributed by atoms with van der Waals surface area (Å²) < 4.78 is 1.43. The zero-order valence-electron chi connectivity index (χ0n) is 16.0. The van der Waals surface area contributed by atoms with Crippen LogP contribution in [0.5, 0.6) is 0 Å². The summed E-state index contributed by atoms with van der Waals surface area (Å²) >= 11 is 0. The highest BCUT2D eigenvalue weighted by Crippen LogP contribution is 2.18. The molecule has 0 radical (unpaired) electrons. The Balaban J connectivity index is 1.60. The predicted molar refractivity (Wildman–Crippen MR) is 102 cm³/mol. The lowest BCUT2D eigenvalue weighted by Gasteiger charge is -2.33. The number of aromatic nitrogens is 3. The fraction of sp³-hybridized carbons (Fsp3) is 0.316. The fourth-order valence-corrected chi connectivity index (χ4v) is 2.96. The van der Waals surface area contributed by atoms with Gasteiger partial charge in [-0.3, -0.25) is 24.8 Å². The smallest absolute Gasteiger partial charge is 0.264 e. The lowest BCUT2D eigenvalue weighted by molar-refractivity contribution is -0.149. The molecular weight excluding hydrogens is 360 g/mol. The van der Waals surface area contributed by atoms with Crippen LogP contribution >= 0.6 is 0 Å². The Morgan fingerprint density at radius 2 is 1.86 bits per heavy atom. The van der Waals surface area contributed by atoms with E-state index in [1.165, 1.54) is 40.1 Å². The Bertz CT molecular complexity index is 929. The van der Waals surface area contributed by atoms with E-state index in [1.807, 2.05) is 26.0 Å². The minimum Gasteiger partial charge on any atom is -0.332 e. The van der Waals surface area contributed by atoms with E-state index in [4.69, 9.17) is 0 Å². The molecule has 28 heavy (non-hydrogen) atoms. The second kappa shape index (κ2) is 8.03. The minimum atomic E-state index is -0.465. The number of rotatable bonds is 4. The van der Waals surface area contributed by atoms with Crippen LogP contribution in [-0.4, -0.2) is 62.0 Å². The summed E-state index contributed by atoms with van der Waals surface area (Å²) in [6.07, 6.45) is 4.24. The van der Waals surface area contributed by atoms with E-state index >= 15 is 0 Å². The number of amides is 3. The van der Waals surface area contributed by atoms with Crippen molar-refractivity contribution < 1.29 is 14.4 Å². The Morgan fingerprint density at radius 3 is 2.50 bits per heavy atom. The fourth-order valence-electron chi connectivity index (χ4n) is 2.96. The van der Waals surface area contributed by atoms with E-state index in [0.29, 0.717) is 12.4 Å². The summed E-state index contributed by atoms with van der Waals surface area (Å²) in [5.41, 5.74) is 5.66. The van der Waals surface area contributed by atoms with Gasteiger partial charge in [0, 0.05) is 31.3 Å². The van der Waals surface area contributed by atoms with Crippen molar-refractivity contribution in [3.8, 4) is 11.4 Å². The zero-order valence-corrected chi connectivity index (χ0v) is 16.0. The van der Waals surface area contributed by atoms with Gasteiger partial charge >= 0.3 is 0 Å². The molecule has 9 nitrogen and oxygen atoms in total. The molecule has 0 unspecified atom stereocenters. The number of aryl methyl sites for hydroxylation is 2. The molecule has 1 aliphatic heterocycles. The topological polar surface area (TPSA) is 100 Å². The maximum Gasteiger partial charge on any atom is 0.264 e. The van der Waals surface area contributed by atoms with E-state index in [0.717, 1.165) is 16.7 Å². The Labute approximate surface area is 162 Å². The average Bonchev–Trinajstić information content (AvgIpc) is 3.10. The summed E-state index contributed by atoms with van der Waals surface area (Å²) in [4.78, 5) is 41.1. The number of hydrogen-bond donors (Lipinski definition) is 1. The third-order valence-electron chi connectivity index (χ3n) is 4.28. The van der Waals surface area contributed by atoms with Crippen LogP contribution < -0.4 is 5.43 Å². The van der Waals surface area contributed by atoms with Gasteiger partial charge in [0.05, 0.1) is 6.54 Å². The van der Waals surface area contributed by atoms with Gasteiger partial charge < -0.3 is 4.90 Å². The molecule has 3 rings (SSSR count). The maximum absolute atomic E-state index is 12.1. The molecular formula is C19H22N6O3. The number of hydrazine groups is 1. The summed E-state index contributed by atoms with van der Waals surface area (Å²) in [7, 11) is 0. The molecule has 3 amide bonds. The summed E-state index contributed by atoms with van der Waals surface area (Å²) in [6, 6.07) is 6.06. The Morgan fingerprint density at radius 1 is 1.14 bits per heavy atom. The van der Waals surface area contributed by atoms with E-state index < -0.39 is 5.91 Å². The van der Waals surface area contributed by atoms with Crippen LogP contribution in [0, 0.1) is 13.8 Å². The SMILES string of the molecule is CC(=O)N1CCN(NC(=O)/C=C\n2cnc(-c3cc(C)cc(C)c3)n2)C(=O)C1. The second-order valence-electron chi connectivity index (χ2n) is 6.70. The van der Waals surface area contributed by atoms with Crippen molar-refractivity contribution in [3.63, 3.8) is 0 Å². The van der Waals surface area contributed by atoms with Crippen LogP contribution in [0.1, 0.15) is 18.1 Å². The number of hydrogen-bond acceptors (Lipinski definition) is 5. The van der Waals surface area contributed by atoms with Gasteiger partial charge in [0.15, 0.2) is 5.82 Å². The van der Waals surface area contributed by atoms with Crippen molar-refractivity contribution in [1.82, 2.24) is 30.1 Å². The summed E-state index contributed by atoms with van der Waals surface area (Å²) in [5.74, 6) is -0.397. The van der Waals surface area contributed by atoms with E-state index in [2.05, 4.69) is 21.6 Å². The Kier molecular flexibility index (Phi) is 5.53. The quantitative estimate of drug-likeness (QED) is 0.787. The van der Waals surface area contributed by atoms with Gasteiger partial charge in [0.25, 0.3) is 11.8 Å². The van der Waals surface area contributed by atoms with Crippen LogP contribution in [0.15, 0.2) is 30.6 Å². The minimum absolute atomic E-state index is 0.0400. The first kappa shape index (κ1) is 19.3. The molecule has 2 heterocycles. The number of piperazine rings is 1. The van der Waals surface area contributed by atoms with Gasteiger partial charge in [-0.2, -0.15) is 0 Å². The van der Waals surface area contributed by atoms with Crippen LogP contribution in [0.2, 0.25) is 0 Å². The standard InChI is InChI=1S/C19H22N6O3/c1-13-8-14(2)10-16(9-13)19-20-12-24(22-19)5-4-17(27)21-25-7-6-23(15(3)26)11-18(25)28/h4-5,8-10,12H,6-7,11H2,1-3H3,(H,21,27)/b5-4-. The van der Waals surface area contributed by atoms with Gasteiger partial charge in [0.2, 0.25) is 5.91 Å². The summed E-state index contributed by atoms with van der Waals surface area (Å²) in [5, 5.41) is 5.56. The lowest BCUT2D eigenvalue weighted by Crippen LogP contribution is -2.57. The molecule has 146 valence electrons. The molecule has 1 aliphatic rings. The van der Waals surface area contributed by atoms with Crippen LogP contribution in [0.25, 0.3) is 17.6 Å². The molecule has 2 aromatic rings. The third kappa shape index (κ3) is 4.61. The van der Waals surface area contributed by atoms with Crippen LogP contribution in [0.4, 0.5) is 0 Å². The van der Waals surface area contributed by atoms with Crippen molar-refractivity contribution in [3.05, 3.63) is 41.7 Å². The number of benzene rings is 1. The molecule has 0 atom stereocenters. The number of nitrogens with one attached hydrogen (secondary N) is 1. The molecule has 1 N–H and O–H groups in total. The molecule has 0 aliphatic carbocycles. The van der Waals surface area contributed by atoms with Crippen LogP contribution in [-0.2, 0) is 14.4 Å². The molecule has 0 saturated carbocycles. The van der Waals surface area contributed by atoms with Gasteiger partial charge in [-0.15, -0.1) is 5.10 Å². The van der Waals surface area contributed by atoms with Gasteiger partial charge in [0.1, 0.15) is 12.9 Å². The van der Waals surface area contributed by atoms with Gasteiger partial charge in [-0.05, 0) is 26.0 Å². The highest BCUT2D eigenvalue weighted by Gasteiger charge is 2.26. The van der Waals surface area contributed by atoms with E-state index in [9.17, 15) is 14.4 Å². The van der Waals surface area contributed by atoms with Crippen molar-refractivity contribution in [2.24, 2.45) is 0 Å². The normalized spacial score (nSPS) is 14.6. The Hall–Kier alpha value is -3.49. The highest BCUT2D eigenvalue weighted by molar-refractivity contribution is 5.92. The second-order valence-corrected chi connectivity index (χ2v) is 6.70. The molecule has 1 saturated heterocycles. The summed E-state index contributed by atoms with van der Waals surface area (Å²) in [6.45, 7) is 6.02. The first-order valence-electron chi connectivity index (χ1n) is 8.86. The molecule has 0 bridgehead atoms. The zero-order chi connectivity index (χ0) is 20.3. The number of nitrogens with zero attached hydrogens (tertiary/aromatic N) is 5. The molecule has 9 heteroatoms. The third-order valence-corrected chi connectivity index (χ3v) is 4.28. The first-order valence-corrected chi connectivity index (χ1v) is 8.86. The van der Waals surface area contributed by atoms with Crippen molar-refractivity contribution in [2.75, 3.05) is 19.6 Å². The number of carbonyl (C=O) groups excluding carboxylic acids is 3. The largest absolute Gasteiger partial charge is 0.332 e. The highest BCUT2D eigenvalue weighted by atomic mass is 16.2. The number of carbonyl (C=O) groups is 3. The monoisotopic (exact) mass is 382 g/mol. The lowest BCUT2D eigenvalue weighted by atomic mass is 10.1. The molecule has 1 aromatic carbocycles. The van der Waals surface area contributed by atoms with Crippen LogP contribution in [0.3, 0.4) is 0 Å².